The molecule has 0 radical (unpaired) electrons. The van der Waals surface area contributed by atoms with Crippen molar-refractivity contribution in [3.05, 3.63) is 35.9 Å². The molecule has 0 saturated heterocycles. The monoisotopic (exact) mass is 559 g/mol. The highest BCUT2D eigenvalue weighted by molar-refractivity contribution is 5.84. The molecule has 40 heavy (non-hydrogen) atoms. The first kappa shape index (κ1) is 36.1. The maximum absolute atomic E-state index is 12.9. The minimum atomic E-state index is -0.621. The summed E-state index contributed by atoms with van der Waals surface area (Å²) in [6.45, 7) is 3.93. The lowest BCUT2D eigenvalue weighted by atomic mass is 10.0. The van der Waals surface area contributed by atoms with E-state index in [1.165, 1.54) is 96.4 Å². The number of amides is 1. The first-order chi connectivity index (χ1) is 19.3. The number of esters is 1. The Morgan fingerprint density at radius 3 is 1.75 bits per heavy atom. The van der Waals surface area contributed by atoms with Gasteiger partial charge in [-0.05, 0) is 31.2 Å². The van der Waals surface area contributed by atoms with Gasteiger partial charge in [-0.1, -0.05) is 127 Å². The molecule has 0 spiro atoms. The van der Waals surface area contributed by atoms with Crippen LogP contribution in [0.25, 0.3) is 0 Å². The molecule has 1 N–H and O–H groups in total. The summed E-state index contributed by atoms with van der Waals surface area (Å²) < 4.78 is 6.66. The highest BCUT2D eigenvalue weighted by Crippen LogP contribution is 2.13. The average molecular weight is 560 g/mol. The first-order valence-corrected chi connectivity index (χ1v) is 16.6. The molecule has 5 nitrogen and oxygen atoms in total. The van der Waals surface area contributed by atoms with Crippen LogP contribution >= 0.6 is 0 Å². The topological polar surface area (TPSA) is 55.4 Å². The Kier molecular flexibility index (Phi) is 21.5. The smallest absolute Gasteiger partial charge is 0.328 e. The van der Waals surface area contributed by atoms with Crippen LogP contribution in [0.15, 0.2) is 30.3 Å². The zero-order valence-corrected chi connectivity index (χ0v) is 26.7. The number of nitrogens with zero attached hydrogens (tertiary/aromatic N) is 1. The van der Waals surface area contributed by atoms with Crippen LogP contribution < -0.4 is 5.32 Å². The normalized spacial score (nSPS) is 12.3. The summed E-state index contributed by atoms with van der Waals surface area (Å²) in [7, 11) is 6.76. The standard InChI is InChI=1S/C35H62N2O3/c1-5-6-7-8-9-10-13-16-19-25-30-40-35(39)33(31-32-26-21-20-22-27-32)36-34(38)28-23-17-14-11-12-15-18-24-29-37(2,3)4/h20-22,26-27,33H,5-19,23-25,28-31H2,1-4H3/p+1/t33-/m0/s1. The lowest BCUT2D eigenvalue weighted by Crippen LogP contribution is -2.43. The molecule has 0 aliphatic carbocycles. The fourth-order valence-corrected chi connectivity index (χ4v) is 5.10. The summed E-state index contributed by atoms with van der Waals surface area (Å²) in [6, 6.07) is 9.27. The molecule has 230 valence electrons. The van der Waals surface area contributed by atoms with E-state index in [9.17, 15) is 9.59 Å². The van der Waals surface area contributed by atoms with Gasteiger partial charge in [-0.3, -0.25) is 4.79 Å². The molecule has 0 fully saturated rings. The van der Waals surface area contributed by atoms with E-state index in [1.54, 1.807) is 0 Å². The van der Waals surface area contributed by atoms with Gasteiger partial charge in [0.15, 0.2) is 0 Å². The van der Waals surface area contributed by atoms with Crippen molar-refractivity contribution in [2.45, 2.75) is 141 Å². The van der Waals surface area contributed by atoms with Crippen molar-refractivity contribution in [2.75, 3.05) is 34.3 Å². The van der Waals surface area contributed by atoms with E-state index in [4.69, 9.17) is 4.74 Å². The van der Waals surface area contributed by atoms with Gasteiger partial charge in [0, 0.05) is 12.8 Å². The summed E-state index contributed by atoms with van der Waals surface area (Å²) in [5.41, 5.74) is 1.03. The number of hydrogen-bond donors (Lipinski definition) is 1. The SMILES string of the molecule is CCCCCCCCCCCCOC(=O)[C@H](Cc1ccccc1)NC(=O)CCCCCCCCCC[N+](C)(C)C. The first-order valence-electron chi connectivity index (χ1n) is 16.6. The molecular weight excluding hydrogens is 496 g/mol. The largest absolute Gasteiger partial charge is 0.464 e. The summed E-state index contributed by atoms with van der Waals surface area (Å²) in [5, 5.41) is 2.98. The van der Waals surface area contributed by atoms with Crippen LogP contribution in [0.2, 0.25) is 0 Å². The second kappa shape index (κ2) is 23.8. The number of nitrogens with one attached hydrogen (secondary N) is 1. The Morgan fingerprint density at radius 2 is 1.20 bits per heavy atom. The molecular formula is C35H63N2O3+. The summed E-state index contributed by atoms with van der Waals surface area (Å²) >= 11 is 0. The van der Waals surface area contributed by atoms with E-state index in [-0.39, 0.29) is 11.9 Å². The fourth-order valence-electron chi connectivity index (χ4n) is 5.10. The van der Waals surface area contributed by atoms with Crippen LogP contribution in [-0.4, -0.2) is 56.7 Å². The maximum Gasteiger partial charge on any atom is 0.328 e. The van der Waals surface area contributed by atoms with Crippen molar-refractivity contribution in [1.82, 2.24) is 5.32 Å². The van der Waals surface area contributed by atoms with Crippen LogP contribution in [0, 0.1) is 0 Å². The molecule has 0 heterocycles. The molecule has 0 unspecified atom stereocenters. The molecule has 0 aliphatic rings. The van der Waals surface area contributed by atoms with E-state index >= 15 is 0 Å². The molecule has 0 aromatic heterocycles. The number of benzene rings is 1. The van der Waals surface area contributed by atoms with Crippen molar-refractivity contribution >= 4 is 11.9 Å². The number of carbonyl (C=O) groups excluding carboxylic acids is 2. The van der Waals surface area contributed by atoms with Gasteiger partial charge < -0.3 is 14.5 Å². The van der Waals surface area contributed by atoms with Gasteiger partial charge in [0.05, 0.1) is 34.3 Å². The van der Waals surface area contributed by atoms with Crippen molar-refractivity contribution in [2.24, 2.45) is 0 Å². The van der Waals surface area contributed by atoms with E-state index in [0.29, 0.717) is 19.4 Å². The van der Waals surface area contributed by atoms with Crippen LogP contribution in [-0.2, 0) is 20.7 Å². The Bertz CT molecular complexity index is 745. The Hall–Kier alpha value is -1.88. The second-order valence-electron chi connectivity index (χ2n) is 12.8. The molecule has 1 aromatic rings. The highest BCUT2D eigenvalue weighted by atomic mass is 16.5. The Balaban J connectivity index is 2.24. The number of hydrogen-bond acceptors (Lipinski definition) is 3. The van der Waals surface area contributed by atoms with Gasteiger partial charge in [0.25, 0.3) is 0 Å². The lowest BCUT2D eigenvalue weighted by Gasteiger charge is -2.23. The van der Waals surface area contributed by atoms with Gasteiger partial charge in [0.2, 0.25) is 5.91 Å². The van der Waals surface area contributed by atoms with Gasteiger partial charge >= 0.3 is 5.97 Å². The molecule has 0 bridgehead atoms. The van der Waals surface area contributed by atoms with Gasteiger partial charge in [-0.2, -0.15) is 0 Å². The molecule has 1 amide bonds. The third-order valence-corrected chi connectivity index (χ3v) is 7.63. The molecule has 1 rings (SSSR count). The average Bonchev–Trinajstić information content (AvgIpc) is 2.92. The maximum atomic E-state index is 12.9. The molecule has 1 atom stereocenters. The molecule has 0 saturated carbocycles. The zero-order chi connectivity index (χ0) is 29.3. The lowest BCUT2D eigenvalue weighted by molar-refractivity contribution is -0.870. The van der Waals surface area contributed by atoms with Crippen molar-refractivity contribution in [1.29, 1.82) is 0 Å². The summed E-state index contributed by atoms with van der Waals surface area (Å²) in [5.74, 6) is -0.351. The van der Waals surface area contributed by atoms with E-state index < -0.39 is 6.04 Å². The fraction of sp³-hybridized carbons (Fsp3) is 0.771. The highest BCUT2D eigenvalue weighted by Gasteiger charge is 2.22. The predicted molar refractivity (Wildman–Crippen MR) is 169 cm³/mol. The van der Waals surface area contributed by atoms with Gasteiger partial charge in [0.1, 0.15) is 6.04 Å². The van der Waals surface area contributed by atoms with Crippen molar-refractivity contribution in [3.63, 3.8) is 0 Å². The van der Waals surface area contributed by atoms with Crippen LogP contribution in [0.1, 0.15) is 134 Å². The zero-order valence-electron chi connectivity index (χ0n) is 26.7. The number of rotatable bonds is 26. The molecule has 0 aliphatic heterocycles. The quantitative estimate of drug-likeness (QED) is 0.0704. The Labute approximate surface area is 247 Å². The number of quaternary nitrogens is 1. The van der Waals surface area contributed by atoms with E-state index in [0.717, 1.165) is 35.7 Å². The number of ether oxygens (including phenoxy) is 1. The number of unbranched alkanes of at least 4 members (excludes halogenated alkanes) is 16. The van der Waals surface area contributed by atoms with E-state index in [1.807, 2.05) is 30.3 Å². The van der Waals surface area contributed by atoms with Crippen molar-refractivity contribution < 1.29 is 18.8 Å². The minimum absolute atomic E-state index is 0.0443. The third kappa shape index (κ3) is 21.9. The van der Waals surface area contributed by atoms with Crippen LogP contribution in [0.5, 0.6) is 0 Å². The van der Waals surface area contributed by atoms with Crippen molar-refractivity contribution in [3.8, 4) is 0 Å². The van der Waals surface area contributed by atoms with Gasteiger partial charge in [-0.25, -0.2) is 4.79 Å². The van der Waals surface area contributed by atoms with Crippen LogP contribution in [0.4, 0.5) is 0 Å². The number of carbonyl (C=O) groups is 2. The summed E-state index contributed by atoms with van der Waals surface area (Å²) in [6.07, 6.45) is 23.0. The minimum Gasteiger partial charge on any atom is -0.464 e. The van der Waals surface area contributed by atoms with Crippen LogP contribution in [0.3, 0.4) is 0 Å². The molecule has 5 heteroatoms. The third-order valence-electron chi connectivity index (χ3n) is 7.63. The second-order valence-corrected chi connectivity index (χ2v) is 12.8. The predicted octanol–water partition coefficient (Wildman–Crippen LogP) is 8.40. The molecule has 1 aromatic carbocycles. The summed E-state index contributed by atoms with van der Waals surface area (Å²) in [4.78, 5) is 25.6. The Morgan fingerprint density at radius 1 is 0.700 bits per heavy atom. The van der Waals surface area contributed by atoms with Gasteiger partial charge in [-0.15, -0.1) is 0 Å². The van der Waals surface area contributed by atoms with E-state index in [2.05, 4.69) is 33.4 Å².